The summed E-state index contributed by atoms with van der Waals surface area (Å²) in [6, 6.07) is 0. The molecule has 0 aromatic heterocycles. The Labute approximate surface area is 80.6 Å². The Morgan fingerprint density at radius 1 is 1.38 bits per heavy atom. The molecule has 0 atom stereocenters. The number of aliphatic imine (C=N–C) groups is 1. The predicted octanol–water partition coefficient (Wildman–Crippen LogP) is 3.16. The van der Waals surface area contributed by atoms with Crippen molar-refractivity contribution in [1.29, 1.82) is 0 Å². The Hall–Kier alpha value is -1.11. The number of rotatable bonds is 1. The van der Waals surface area contributed by atoms with E-state index < -0.39 is 0 Å². The molecule has 1 nitrogen and oxygen atoms in total. The van der Waals surface area contributed by atoms with E-state index in [0.29, 0.717) is 0 Å². The molecule has 0 saturated carbocycles. The van der Waals surface area contributed by atoms with Crippen LogP contribution < -0.4 is 0 Å². The molecule has 0 amide bonds. The Kier molecular flexibility index (Phi) is 2.86. The molecule has 0 unspecified atom stereocenters. The van der Waals surface area contributed by atoms with E-state index in [9.17, 15) is 0 Å². The minimum atomic E-state index is 0.0253. The first-order valence-electron chi connectivity index (χ1n) is 4.68. The van der Waals surface area contributed by atoms with Gasteiger partial charge in [-0.05, 0) is 18.6 Å². The fraction of sp³-hybridized carbons (Fsp3) is 0.417. The van der Waals surface area contributed by atoms with Gasteiger partial charge in [-0.3, -0.25) is 4.99 Å². The van der Waals surface area contributed by atoms with Crippen molar-refractivity contribution in [1.82, 2.24) is 0 Å². The normalized spacial score (nSPS) is 23.6. The smallest absolute Gasteiger partial charge is 0.0608 e. The molecule has 0 aromatic rings. The van der Waals surface area contributed by atoms with E-state index in [1.807, 2.05) is 19.1 Å². The maximum atomic E-state index is 4.41. The Bertz CT molecular complexity index is 290. The molecule has 0 fully saturated rings. The van der Waals surface area contributed by atoms with E-state index in [1.165, 1.54) is 0 Å². The molecule has 1 heteroatoms. The average Bonchev–Trinajstić information content (AvgIpc) is 2.18. The van der Waals surface area contributed by atoms with E-state index >= 15 is 0 Å². The van der Waals surface area contributed by atoms with Gasteiger partial charge in [0.25, 0.3) is 0 Å². The van der Waals surface area contributed by atoms with Crippen molar-refractivity contribution in [2.75, 3.05) is 6.54 Å². The van der Waals surface area contributed by atoms with Crippen LogP contribution in [0.3, 0.4) is 0 Å². The highest BCUT2D eigenvalue weighted by Gasteiger charge is 2.21. The Morgan fingerprint density at radius 2 is 2.08 bits per heavy atom. The summed E-state index contributed by atoms with van der Waals surface area (Å²) in [7, 11) is 0. The second-order valence-corrected chi connectivity index (χ2v) is 3.78. The van der Waals surface area contributed by atoms with Gasteiger partial charge in [0, 0.05) is 12.0 Å². The van der Waals surface area contributed by atoms with Gasteiger partial charge in [0.15, 0.2) is 0 Å². The number of nitrogens with zero attached hydrogens (tertiary/aromatic N) is 1. The SMILES string of the molecule is C=C1C(=NCC)C=CC=CC1(C)C. The highest BCUT2D eigenvalue weighted by atomic mass is 14.7. The van der Waals surface area contributed by atoms with Crippen molar-refractivity contribution >= 4 is 5.71 Å². The number of hydrogen-bond acceptors (Lipinski definition) is 1. The van der Waals surface area contributed by atoms with Gasteiger partial charge in [-0.1, -0.05) is 38.7 Å². The largest absolute Gasteiger partial charge is 0.285 e. The van der Waals surface area contributed by atoms with Crippen LogP contribution in [0.4, 0.5) is 0 Å². The molecule has 1 aliphatic carbocycles. The Balaban J connectivity index is 3.04. The zero-order chi connectivity index (χ0) is 9.90. The zero-order valence-corrected chi connectivity index (χ0v) is 8.67. The van der Waals surface area contributed by atoms with Crippen LogP contribution >= 0.6 is 0 Å². The maximum absolute atomic E-state index is 4.41. The molecule has 1 rings (SSSR count). The average molecular weight is 175 g/mol. The third-order valence-corrected chi connectivity index (χ3v) is 2.29. The molecular weight excluding hydrogens is 158 g/mol. The molecule has 0 radical (unpaired) electrons. The zero-order valence-electron chi connectivity index (χ0n) is 8.67. The quantitative estimate of drug-likeness (QED) is 0.580. The second-order valence-electron chi connectivity index (χ2n) is 3.78. The van der Waals surface area contributed by atoms with Crippen molar-refractivity contribution in [3.05, 3.63) is 36.5 Å². The molecule has 1 aliphatic rings. The lowest BCUT2D eigenvalue weighted by molar-refractivity contribution is 0.607. The topological polar surface area (TPSA) is 12.4 Å². The fourth-order valence-electron chi connectivity index (χ4n) is 1.29. The third-order valence-electron chi connectivity index (χ3n) is 2.29. The lowest BCUT2D eigenvalue weighted by atomic mass is 9.83. The van der Waals surface area contributed by atoms with Crippen LogP contribution in [0.5, 0.6) is 0 Å². The van der Waals surface area contributed by atoms with Gasteiger partial charge in [0.05, 0.1) is 5.71 Å². The molecule has 0 spiro atoms. The Morgan fingerprint density at radius 3 is 2.69 bits per heavy atom. The lowest BCUT2D eigenvalue weighted by Crippen LogP contribution is -2.16. The van der Waals surface area contributed by atoms with Crippen molar-refractivity contribution in [3.8, 4) is 0 Å². The van der Waals surface area contributed by atoms with Crippen molar-refractivity contribution in [2.45, 2.75) is 20.8 Å². The summed E-state index contributed by atoms with van der Waals surface area (Å²) in [4.78, 5) is 4.41. The van der Waals surface area contributed by atoms with Crippen LogP contribution in [0.25, 0.3) is 0 Å². The third kappa shape index (κ3) is 2.18. The van der Waals surface area contributed by atoms with Crippen LogP contribution in [-0.4, -0.2) is 12.3 Å². The summed E-state index contributed by atoms with van der Waals surface area (Å²) in [5.41, 5.74) is 2.15. The van der Waals surface area contributed by atoms with Crippen molar-refractivity contribution < 1.29 is 0 Å². The molecule has 70 valence electrons. The van der Waals surface area contributed by atoms with Crippen LogP contribution in [-0.2, 0) is 0 Å². The molecule has 0 N–H and O–H groups in total. The van der Waals surface area contributed by atoms with E-state index in [2.05, 4.69) is 37.6 Å². The monoisotopic (exact) mass is 175 g/mol. The number of allylic oxidation sites excluding steroid dienone is 5. The van der Waals surface area contributed by atoms with Crippen molar-refractivity contribution in [3.63, 3.8) is 0 Å². The minimum Gasteiger partial charge on any atom is -0.285 e. The molecular formula is C12H17N. The van der Waals surface area contributed by atoms with Gasteiger partial charge in [-0.2, -0.15) is 0 Å². The molecule has 0 aromatic carbocycles. The van der Waals surface area contributed by atoms with Gasteiger partial charge in [-0.25, -0.2) is 0 Å². The summed E-state index contributed by atoms with van der Waals surface area (Å²) in [6.45, 7) is 11.3. The van der Waals surface area contributed by atoms with E-state index in [4.69, 9.17) is 0 Å². The minimum absolute atomic E-state index is 0.0253. The molecule has 0 heterocycles. The summed E-state index contributed by atoms with van der Waals surface area (Å²) in [5.74, 6) is 0. The molecule has 0 aliphatic heterocycles. The van der Waals surface area contributed by atoms with E-state index in [-0.39, 0.29) is 5.41 Å². The summed E-state index contributed by atoms with van der Waals surface area (Å²) < 4.78 is 0. The highest BCUT2D eigenvalue weighted by Crippen LogP contribution is 2.29. The summed E-state index contributed by atoms with van der Waals surface area (Å²) in [5, 5.41) is 0. The lowest BCUT2D eigenvalue weighted by Gasteiger charge is -2.22. The van der Waals surface area contributed by atoms with Gasteiger partial charge in [-0.15, -0.1) is 0 Å². The fourth-order valence-corrected chi connectivity index (χ4v) is 1.29. The predicted molar refractivity (Wildman–Crippen MR) is 59.2 cm³/mol. The first-order valence-corrected chi connectivity index (χ1v) is 4.68. The second kappa shape index (κ2) is 3.73. The van der Waals surface area contributed by atoms with Gasteiger partial charge < -0.3 is 0 Å². The standard InChI is InChI=1S/C12H17N/c1-5-13-11-8-6-7-9-12(3,4)10(11)2/h6-9H,2,5H2,1,3-4H3. The summed E-state index contributed by atoms with van der Waals surface area (Å²) in [6.07, 6.45) is 8.26. The molecule has 13 heavy (non-hydrogen) atoms. The van der Waals surface area contributed by atoms with Crippen LogP contribution in [0.1, 0.15) is 20.8 Å². The summed E-state index contributed by atoms with van der Waals surface area (Å²) >= 11 is 0. The first kappa shape index (κ1) is 9.97. The highest BCUT2D eigenvalue weighted by molar-refractivity contribution is 6.09. The molecule has 0 saturated heterocycles. The first-order chi connectivity index (χ1) is 6.08. The van der Waals surface area contributed by atoms with Gasteiger partial charge in [0.2, 0.25) is 0 Å². The van der Waals surface area contributed by atoms with E-state index in [1.54, 1.807) is 0 Å². The van der Waals surface area contributed by atoms with Crippen LogP contribution in [0.2, 0.25) is 0 Å². The van der Waals surface area contributed by atoms with E-state index in [0.717, 1.165) is 17.8 Å². The van der Waals surface area contributed by atoms with Gasteiger partial charge >= 0.3 is 0 Å². The van der Waals surface area contributed by atoms with Gasteiger partial charge in [0.1, 0.15) is 0 Å². The number of hydrogen-bond donors (Lipinski definition) is 0. The van der Waals surface area contributed by atoms with Crippen LogP contribution in [0, 0.1) is 5.41 Å². The van der Waals surface area contributed by atoms with Crippen molar-refractivity contribution in [2.24, 2.45) is 10.4 Å². The van der Waals surface area contributed by atoms with Crippen LogP contribution in [0.15, 0.2) is 41.4 Å². The maximum Gasteiger partial charge on any atom is 0.0608 e. The molecule has 0 bridgehead atoms.